The average Bonchev–Trinajstić information content (AvgIpc) is 3.50. The number of hydrogen-bond acceptors (Lipinski definition) is 7. The van der Waals surface area contributed by atoms with Gasteiger partial charge >= 0.3 is 5.97 Å². The summed E-state index contributed by atoms with van der Waals surface area (Å²) in [6, 6.07) is 5.48. The van der Waals surface area contributed by atoms with Crippen LogP contribution in [0.1, 0.15) is 37.8 Å². The van der Waals surface area contributed by atoms with Crippen LogP contribution in [0.4, 0.5) is 4.39 Å². The smallest absolute Gasteiger partial charge is 0.330 e. The van der Waals surface area contributed by atoms with Gasteiger partial charge in [-0.15, -0.1) is 0 Å². The molecule has 1 aliphatic carbocycles. The fraction of sp³-hybridized carbons (Fsp3) is 0.524. The van der Waals surface area contributed by atoms with E-state index in [9.17, 15) is 22.4 Å². The fourth-order valence-electron chi connectivity index (χ4n) is 3.72. The number of piperidine rings is 1. The number of hydrogen-bond donors (Lipinski definition) is 0. The molecule has 1 heterocycles. The van der Waals surface area contributed by atoms with E-state index in [1.165, 1.54) is 12.1 Å². The molecular formula is C21H26FNO5S2. The van der Waals surface area contributed by atoms with Crippen molar-refractivity contribution >= 4 is 31.4 Å². The number of carbonyl (C=O) groups is 2. The predicted molar refractivity (Wildman–Crippen MR) is 114 cm³/mol. The fourth-order valence-corrected chi connectivity index (χ4v) is 6.53. The van der Waals surface area contributed by atoms with Crippen molar-refractivity contribution in [3.63, 3.8) is 0 Å². The molecule has 0 bridgehead atoms. The third kappa shape index (κ3) is 5.92. The van der Waals surface area contributed by atoms with E-state index in [4.69, 9.17) is 4.74 Å². The maximum absolute atomic E-state index is 14.6. The summed E-state index contributed by atoms with van der Waals surface area (Å²) >= 11 is 0. The summed E-state index contributed by atoms with van der Waals surface area (Å²) in [6.45, 7) is 2.51. The number of ether oxygens (including phenoxy) is 1. The topological polar surface area (TPSA) is 80.8 Å². The maximum atomic E-state index is 14.6. The van der Waals surface area contributed by atoms with Crippen LogP contribution in [0.2, 0.25) is 0 Å². The SMILES string of the molecule is CCOC(=O)C=C1CN(C(C(=O)C2CC2)c2ccccc2F)CCC1SS(C)(=O)=O. The second kappa shape index (κ2) is 9.62. The highest BCUT2D eigenvalue weighted by Crippen LogP contribution is 2.40. The molecule has 1 saturated heterocycles. The number of ketones is 1. The summed E-state index contributed by atoms with van der Waals surface area (Å²) in [5.74, 6) is -1.09. The van der Waals surface area contributed by atoms with Gasteiger partial charge < -0.3 is 4.74 Å². The van der Waals surface area contributed by atoms with E-state index in [1.54, 1.807) is 25.1 Å². The van der Waals surface area contributed by atoms with Crippen molar-refractivity contribution in [1.82, 2.24) is 4.90 Å². The molecule has 0 radical (unpaired) electrons. The molecule has 2 aliphatic rings. The minimum Gasteiger partial charge on any atom is -0.463 e. The van der Waals surface area contributed by atoms with Crippen LogP contribution in [0, 0.1) is 11.7 Å². The van der Waals surface area contributed by atoms with E-state index in [2.05, 4.69) is 0 Å². The summed E-state index contributed by atoms with van der Waals surface area (Å²) in [5, 5.41) is -0.419. The van der Waals surface area contributed by atoms with Crippen LogP contribution >= 0.6 is 10.8 Å². The molecule has 9 heteroatoms. The van der Waals surface area contributed by atoms with Gasteiger partial charge in [0.1, 0.15) is 5.82 Å². The van der Waals surface area contributed by atoms with Gasteiger partial charge in [-0.3, -0.25) is 9.69 Å². The van der Waals surface area contributed by atoms with Crippen molar-refractivity contribution in [3.8, 4) is 0 Å². The van der Waals surface area contributed by atoms with Gasteiger partial charge in [-0.25, -0.2) is 17.6 Å². The lowest BCUT2D eigenvalue weighted by molar-refractivity contribution is -0.137. The van der Waals surface area contributed by atoms with E-state index < -0.39 is 31.9 Å². The lowest BCUT2D eigenvalue weighted by Crippen LogP contribution is -2.43. The Morgan fingerprint density at radius 2 is 2.00 bits per heavy atom. The zero-order valence-electron chi connectivity index (χ0n) is 17.0. The van der Waals surface area contributed by atoms with Crippen molar-refractivity contribution in [3.05, 3.63) is 47.3 Å². The van der Waals surface area contributed by atoms with Gasteiger partial charge in [0.2, 0.25) is 0 Å². The lowest BCUT2D eigenvalue weighted by atomic mass is 9.93. The van der Waals surface area contributed by atoms with Gasteiger partial charge in [-0.2, -0.15) is 0 Å². The van der Waals surface area contributed by atoms with Crippen LogP contribution in [0.5, 0.6) is 0 Å². The molecule has 2 fully saturated rings. The van der Waals surface area contributed by atoms with Crippen LogP contribution in [0.3, 0.4) is 0 Å². The minimum absolute atomic E-state index is 0.0233. The molecule has 0 spiro atoms. The van der Waals surface area contributed by atoms with Crippen LogP contribution in [0.25, 0.3) is 0 Å². The minimum atomic E-state index is -3.34. The normalized spacial score (nSPS) is 22.6. The molecule has 0 aromatic heterocycles. The van der Waals surface area contributed by atoms with E-state index in [1.807, 2.05) is 4.90 Å². The molecule has 2 atom stereocenters. The second-order valence-corrected chi connectivity index (χ2v) is 12.2. The molecule has 1 aliphatic heterocycles. The average molecular weight is 456 g/mol. The van der Waals surface area contributed by atoms with Crippen molar-refractivity contribution in [1.29, 1.82) is 0 Å². The van der Waals surface area contributed by atoms with Crippen molar-refractivity contribution in [2.45, 2.75) is 37.5 Å². The Morgan fingerprint density at radius 1 is 1.30 bits per heavy atom. The summed E-state index contributed by atoms with van der Waals surface area (Å²) < 4.78 is 43.3. The first kappa shape index (κ1) is 23.0. The number of benzene rings is 1. The third-order valence-corrected chi connectivity index (χ3v) is 8.04. The molecule has 1 aromatic carbocycles. The monoisotopic (exact) mass is 455 g/mol. The number of halogens is 1. The van der Waals surface area contributed by atoms with Crippen LogP contribution in [0.15, 0.2) is 35.9 Å². The second-order valence-electron chi connectivity index (χ2n) is 7.62. The summed E-state index contributed by atoms with van der Waals surface area (Å²) in [6.07, 6.45) is 4.47. The zero-order valence-corrected chi connectivity index (χ0v) is 18.7. The summed E-state index contributed by atoms with van der Waals surface area (Å²) in [7, 11) is -2.55. The Bertz CT molecular complexity index is 942. The van der Waals surface area contributed by atoms with Gasteiger partial charge in [0.25, 0.3) is 0 Å². The molecule has 6 nitrogen and oxygen atoms in total. The van der Waals surface area contributed by atoms with Crippen molar-refractivity contribution in [2.75, 3.05) is 26.0 Å². The highest BCUT2D eigenvalue weighted by atomic mass is 33.1. The van der Waals surface area contributed by atoms with E-state index in [-0.39, 0.29) is 24.9 Å². The van der Waals surface area contributed by atoms with Crippen molar-refractivity contribution in [2.24, 2.45) is 5.92 Å². The number of carbonyl (C=O) groups excluding carboxylic acids is 2. The number of nitrogens with zero attached hydrogens (tertiary/aromatic N) is 1. The molecule has 1 aromatic rings. The molecule has 0 N–H and O–H groups in total. The van der Waals surface area contributed by atoms with Gasteiger partial charge in [-0.05, 0) is 48.6 Å². The first-order valence-corrected chi connectivity index (χ1v) is 13.3. The van der Waals surface area contributed by atoms with Crippen LogP contribution < -0.4 is 0 Å². The van der Waals surface area contributed by atoms with Gasteiger partial charge in [0, 0.05) is 42.2 Å². The largest absolute Gasteiger partial charge is 0.463 e. The number of esters is 1. The third-order valence-electron chi connectivity index (χ3n) is 5.17. The lowest BCUT2D eigenvalue weighted by Gasteiger charge is -2.38. The van der Waals surface area contributed by atoms with Crippen LogP contribution in [-0.4, -0.2) is 56.3 Å². The Labute approximate surface area is 180 Å². The zero-order chi connectivity index (χ0) is 21.9. The summed E-state index contributed by atoms with van der Waals surface area (Å²) in [5.41, 5.74) is 0.888. The van der Waals surface area contributed by atoms with E-state index in [0.717, 1.165) is 29.9 Å². The molecule has 1 saturated carbocycles. The first-order chi connectivity index (χ1) is 14.2. The summed E-state index contributed by atoms with van der Waals surface area (Å²) in [4.78, 5) is 27.0. The quantitative estimate of drug-likeness (QED) is 0.338. The molecule has 3 rings (SSSR count). The van der Waals surface area contributed by atoms with E-state index in [0.29, 0.717) is 24.1 Å². The molecular weight excluding hydrogens is 429 g/mol. The number of rotatable bonds is 8. The Hall–Kier alpha value is -1.71. The van der Waals surface area contributed by atoms with Gasteiger partial charge in [0.15, 0.2) is 14.7 Å². The van der Waals surface area contributed by atoms with Crippen molar-refractivity contribution < 1.29 is 27.1 Å². The number of Topliss-reactive ketones (excluding diaryl/α,β-unsaturated/α-hetero) is 1. The Morgan fingerprint density at radius 3 is 2.60 bits per heavy atom. The highest BCUT2D eigenvalue weighted by Gasteiger charge is 2.41. The Balaban J connectivity index is 1.92. The predicted octanol–water partition coefficient (Wildman–Crippen LogP) is 3.10. The Kier molecular flexibility index (Phi) is 7.36. The highest BCUT2D eigenvalue weighted by molar-refractivity contribution is 8.72. The molecule has 164 valence electrons. The maximum Gasteiger partial charge on any atom is 0.330 e. The molecule has 30 heavy (non-hydrogen) atoms. The van der Waals surface area contributed by atoms with Gasteiger partial charge in [0.05, 0.1) is 12.6 Å². The van der Waals surface area contributed by atoms with Crippen LogP contribution in [-0.2, 0) is 23.2 Å². The van der Waals surface area contributed by atoms with Gasteiger partial charge in [-0.1, -0.05) is 18.2 Å². The standard InChI is InChI=1S/C21H26FNO5S2/c1-3-28-19(24)12-15-13-23(11-10-18(15)29-30(2,26)27)20(21(25)14-8-9-14)16-6-4-5-7-17(16)22/h4-7,12,14,18,20H,3,8-11,13H2,1-2H3. The molecule has 0 amide bonds. The first-order valence-electron chi connectivity index (χ1n) is 9.97. The van der Waals surface area contributed by atoms with E-state index >= 15 is 0 Å². The number of likely N-dealkylation sites (tertiary alicyclic amines) is 1. The molecule has 2 unspecified atom stereocenters.